The Morgan fingerprint density at radius 2 is 2.19 bits per heavy atom. The van der Waals surface area contributed by atoms with E-state index in [1.165, 1.54) is 5.56 Å². The summed E-state index contributed by atoms with van der Waals surface area (Å²) in [4.78, 5) is 2.31. The number of hydrogen-bond acceptors (Lipinski definition) is 4. The van der Waals surface area contributed by atoms with Crippen LogP contribution in [0.4, 0.5) is 0 Å². The Labute approximate surface area is 132 Å². The number of aliphatic hydroxyl groups excluding tert-OH is 1. The molecular weight excluding hydrogens is 288 g/mol. The number of hydrogen-bond donors (Lipinski definition) is 2. The summed E-state index contributed by atoms with van der Waals surface area (Å²) >= 11 is 5.99. The van der Waals surface area contributed by atoms with Gasteiger partial charge in [-0.05, 0) is 43.6 Å². The van der Waals surface area contributed by atoms with Crippen LogP contribution < -0.4 is 5.32 Å². The van der Waals surface area contributed by atoms with Crippen LogP contribution in [0, 0.1) is 0 Å². The fraction of sp³-hybridized carbons (Fsp3) is 0.625. The zero-order valence-corrected chi connectivity index (χ0v) is 13.4. The summed E-state index contributed by atoms with van der Waals surface area (Å²) in [6.45, 7) is 4.02. The SMILES string of the molecule is COCC(O)CN1CCC(NCc2cccc(Cl)c2)CC1. The molecule has 2 rings (SSSR count). The number of methoxy groups -OCH3 is 1. The highest BCUT2D eigenvalue weighted by Gasteiger charge is 2.20. The van der Waals surface area contributed by atoms with E-state index in [4.69, 9.17) is 16.3 Å². The van der Waals surface area contributed by atoms with Crippen molar-refractivity contribution >= 4 is 11.6 Å². The molecule has 2 N–H and O–H groups in total. The minimum absolute atomic E-state index is 0.383. The van der Waals surface area contributed by atoms with Gasteiger partial charge in [-0.15, -0.1) is 0 Å². The standard InChI is InChI=1S/C16H25ClN2O2/c1-21-12-16(20)11-19-7-5-15(6-8-19)18-10-13-3-2-4-14(17)9-13/h2-4,9,15-16,18,20H,5-8,10-12H2,1H3. The molecule has 0 radical (unpaired) electrons. The Morgan fingerprint density at radius 3 is 2.86 bits per heavy atom. The molecule has 118 valence electrons. The second-order valence-corrected chi connectivity index (χ2v) is 6.13. The predicted molar refractivity (Wildman–Crippen MR) is 85.6 cm³/mol. The van der Waals surface area contributed by atoms with Crippen LogP contribution in [-0.2, 0) is 11.3 Å². The summed E-state index contributed by atoms with van der Waals surface area (Å²) in [5, 5.41) is 14.1. The van der Waals surface area contributed by atoms with Crippen LogP contribution in [0.2, 0.25) is 5.02 Å². The lowest BCUT2D eigenvalue weighted by molar-refractivity contribution is 0.0310. The van der Waals surface area contributed by atoms with Gasteiger partial charge in [-0.2, -0.15) is 0 Å². The average Bonchev–Trinajstić information content (AvgIpc) is 2.47. The van der Waals surface area contributed by atoms with Crippen molar-refractivity contribution < 1.29 is 9.84 Å². The number of piperidine rings is 1. The molecule has 0 saturated carbocycles. The molecule has 1 atom stereocenters. The normalized spacial score (nSPS) is 18.8. The lowest BCUT2D eigenvalue weighted by Gasteiger charge is -2.33. The number of ether oxygens (including phenoxy) is 1. The topological polar surface area (TPSA) is 44.7 Å². The molecule has 1 saturated heterocycles. The van der Waals surface area contributed by atoms with E-state index in [1.54, 1.807) is 7.11 Å². The minimum Gasteiger partial charge on any atom is -0.389 e. The molecule has 1 fully saturated rings. The molecule has 0 spiro atoms. The number of rotatable bonds is 7. The first-order valence-corrected chi connectivity index (χ1v) is 7.92. The Balaban J connectivity index is 1.67. The van der Waals surface area contributed by atoms with Crippen LogP contribution in [0.25, 0.3) is 0 Å². The van der Waals surface area contributed by atoms with E-state index in [9.17, 15) is 5.11 Å². The van der Waals surface area contributed by atoms with Crippen LogP contribution >= 0.6 is 11.6 Å². The van der Waals surface area contributed by atoms with Crippen molar-refractivity contribution in [2.75, 3.05) is 33.4 Å². The highest BCUT2D eigenvalue weighted by molar-refractivity contribution is 6.30. The van der Waals surface area contributed by atoms with Crippen molar-refractivity contribution in [3.05, 3.63) is 34.9 Å². The maximum Gasteiger partial charge on any atom is 0.0900 e. The fourth-order valence-corrected chi connectivity index (χ4v) is 2.98. The van der Waals surface area contributed by atoms with Crippen molar-refractivity contribution in [1.29, 1.82) is 0 Å². The van der Waals surface area contributed by atoms with Crippen molar-refractivity contribution in [2.45, 2.75) is 31.5 Å². The molecule has 0 aromatic heterocycles. The Morgan fingerprint density at radius 1 is 1.43 bits per heavy atom. The summed E-state index contributed by atoms with van der Waals surface area (Å²) in [5.41, 5.74) is 1.22. The second kappa shape index (κ2) is 8.71. The summed E-state index contributed by atoms with van der Waals surface area (Å²) in [6, 6.07) is 8.52. The Bertz CT molecular complexity index is 422. The summed E-state index contributed by atoms with van der Waals surface area (Å²) in [7, 11) is 1.62. The first-order valence-electron chi connectivity index (χ1n) is 7.54. The monoisotopic (exact) mass is 312 g/mol. The van der Waals surface area contributed by atoms with Crippen LogP contribution in [0.1, 0.15) is 18.4 Å². The molecule has 1 aliphatic rings. The fourth-order valence-electron chi connectivity index (χ4n) is 2.77. The predicted octanol–water partition coefficient (Wildman–Crippen LogP) is 1.90. The molecule has 0 bridgehead atoms. The zero-order chi connectivity index (χ0) is 15.1. The number of halogens is 1. The highest BCUT2D eigenvalue weighted by Crippen LogP contribution is 2.14. The number of benzene rings is 1. The van der Waals surface area contributed by atoms with Crippen LogP contribution in [-0.4, -0.2) is 55.5 Å². The minimum atomic E-state index is -0.383. The van der Waals surface area contributed by atoms with Crippen molar-refractivity contribution in [3.8, 4) is 0 Å². The van der Waals surface area contributed by atoms with Crippen LogP contribution in [0.15, 0.2) is 24.3 Å². The van der Waals surface area contributed by atoms with Gasteiger partial charge in [0.25, 0.3) is 0 Å². The molecule has 0 aliphatic carbocycles. The number of likely N-dealkylation sites (tertiary alicyclic amines) is 1. The molecule has 1 heterocycles. The van der Waals surface area contributed by atoms with Gasteiger partial charge in [0.2, 0.25) is 0 Å². The van der Waals surface area contributed by atoms with Gasteiger partial charge < -0.3 is 20.1 Å². The molecule has 0 amide bonds. The van der Waals surface area contributed by atoms with E-state index in [2.05, 4.69) is 16.3 Å². The first-order chi connectivity index (χ1) is 10.2. The van der Waals surface area contributed by atoms with Crippen molar-refractivity contribution in [1.82, 2.24) is 10.2 Å². The van der Waals surface area contributed by atoms with Crippen LogP contribution in [0.5, 0.6) is 0 Å². The Kier molecular flexibility index (Phi) is 6.93. The maximum atomic E-state index is 9.75. The number of nitrogens with one attached hydrogen (secondary N) is 1. The molecule has 1 unspecified atom stereocenters. The second-order valence-electron chi connectivity index (χ2n) is 5.69. The van der Waals surface area contributed by atoms with E-state index in [0.29, 0.717) is 19.2 Å². The van der Waals surface area contributed by atoms with Crippen molar-refractivity contribution in [3.63, 3.8) is 0 Å². The van der Waals surface area contributed by atoms with Gasteiger partial charge in [0.05, 0.1) is 12.7 Å². The molecular formula is C16H25ClN2O2. The van der Waals surface area contributed by atoms with Gasteiger partial charge in [-0.25, -0.2) is 0 Å². The van der Waals surface area contributed by atoms with Gasteiger partial charge in [0.1, 0.15) is 0 Å². The number of aliphatic hydroxyl groups is 1. The van der Waals surface area contributed by atoms with E-state index in [-0.39, 0.29) is 6.10 Å². The molecule has 1 aromatic rings. The number of nitrogens with zero attached hydrogens (tertiary/aromatic N) is 1. The van der Waals surface area contributed by atoms with Crippen LogP contribution in [0.3, 0.4) is 0 Å². The highest BCUT2D eigenvalue weighted by atomic mass is 35.5. The number of β-amino-alcohol motifs (C(OH)–C–C–N with tert-alkyl or cyclic N) is 1. The average molecular weight is 313 g/mol. The lowest BCUT2D eigenvalue weighted by Crippen LogP contribution is -2.45. The summed E-state index contributed by atoms with van der Waals surface area (Å²) < 4.78 is 4.96. The first kappa shape index (κ1) is 16.7. The third-order valence-corrected chi connectivity index (χ3v) is 4.13. The van der Waals surface area contributed by atoms with E-state index < -0.39 is 0 Å². The molecule has 21 heavy (non-hydrogen) atoms. The van der Waals surface area contributed by atoms with E-state index in [0.717, 1.165) is 37.5 Å². The summed E-state index contributed by atoms with van der Waals surface area (Å²) in [5.74, 6) is 0. The maximum absolute atomic E-state index is 9.75. The largest absolute Gasteiger partial charge is 0.389 e. The Hall–Kier alpha value is -0.650. The van der Waals surface area contributed by atoms with Gasteiger partial charge in [-0.1, -0.05) is 23.7 Å². The molecule has 1 aliphatic heterocycles. The zero-order valence-electron chi connectivity index (χ0n) is 12.6. The van der Waals surface area contributed by atoms with E-state index in [1.807, 2.05) is 18.2 Å². The van der Waals surface area contributed by atoms with Gasteiger partial charge in [0, 0.05) is 31.3 Å². The molecule has 1 aromatic carbocycles. The summed E-state index contributed by atoms with van der Waals surface area (Å²) in [6.07, 6.45) is 1.84. The molecule has 4 nitrogen and oxygen atoms in total. The quantitative estimate of drug-likeness (QED) is 0.807. The lowest BCUT2D eigenvalue weighted by atomic mass is 10.0. The van der Waals surface area contributed by atoms with Gasteiger partial charge >= 0.3 is 0 Å². The third kappa shape index (κ3) is 5.93. The third-order valence-electron chi connectivity index (χ3n) is 3.90. The van der Waals surface area contributed by atoms with Crippen molar-refractivity contribution in [2.24, 2.45) is 0 Å². The van der Waals surface area contributed by atoms with Gasteiger partial charge in [-0.3, -0.25) is 0 Å². The smallest absolute Gasteiger partial charge is 0.0900 e. The molecule has 5 heteroatoms. The van der Waals surface area contributed by atoms with Gasteiger partial charge in [0.15, 0.2) is 0 Å². The van der Waals surface area contributed by atoms with E-state index >= 15 is 0 Å².